The summed E-state index contributed by atoms with van der Waals surface area (Å²) in [5.74, 6) is -0.334. The molecule has 1 aromatic carbocycles. The summed E-state index contributed by atoms with van der Waals surface area (Å²) in [6.07, 6.45) is 3.18. The Bertz CT molecular complexity index is 629. The van der Waals surface area contributed by atoms with E-state index in [0.717, 1.165) is 28.7 Å². The molecule has 0 saturated heterocycles. The van der Waals surface area contributed by atoms with Crippen molar-refractivity contribution in [3.63, 3.8) is 0 Å². The predicted molar refractivity (Wildman–Crippen MR) is 73.6 cm³/mol. The zero-order valence-electron chi connectivity index (χ0n) is 11.4. The Labute approximate surface area is 111 Å². The molecule has 2 aromatic rings. The molecule has 5 nitrogen and oxygen atoms in total. The molecule has 0 saturated carbocycles. The normalized spacial score (nSPS) is 11.3. The SMILES string of the molecule is CCOC(=O)C=Cc1ccc2c(nnn2CC)c1C. The fourth-order valence-electron chi connectivity index (χ4n) is 1.95. The van der Waals surface area contributed by atoms with E-state index >= 15 is 0 Å². The zero-order chi connectivity index (χ0) is 13.8. The van der Waals surface area contributed by atoms with Crippen LogP contribution in [-0.4, -0.2) is 27.6 Å². The van der Waals surface area contributed by atoms with Crippen LogP contribution < -0.4 is 0 Å². The summed E-state index contributed by atoms with van der Waals surface area (Å²) in [6, 6.07) is 3.93. The van der Waals surface area contributed by atoms with E-state index in [4.69, 9.17) is 4.74 Å². The van der Waals surface area contributed by atoms with Gasteiger partial charge in [-0.1, -0.05) is 11.3 Å². The maximum atomic E-state index is 11.3. The summed E-state index contributed by atoms with van der Waals surface area (Å²) in [6.45, 7) is 6.95. The van der Waals surface area contributed by atoms with Gasteiger partial charge in [-0.25, -0.2) is 9.48 Å². The van der Waals surface area contributed by atoms with E-state index in [2.05, 4.69) is 10.3 Å². The number of esters is 1. The number of hydrogen-bond acceptors (Lipinski definition) is 4. The van der Waals surface area contributed by atoms with Gasteiger partial charge in [0.25, 0.3) is 0 Å². The first-order valence-electron chi connectivity index (χ1n) is 6.35. The van der Waals surface area contributed by atoms with Crippen LogP contribution in [0.4, 0.5) is 0 Å². The standard InChI is InChI=1S/C14H17N3O2/c1-4-17-12-8-6-11(7-9-13(18)19-5-2)10(3)14(12)15-16-17/h6-9H,4-5H2,1-3H3. The van der Waals surface area contributed by atoms with Crippen molar-refractivity contribution in [2.75, 3.05) is 6.61 Å². The van der Waals surface area contributed by atoms with Crippen molar-refractivity contribution in [2.45, 2.75) is 27.3 Å². The van der Waals surface area contributed by atoms with Crippen LogP contribution in [-0.2, 0) is 16.1 Å². The van der Waals surface area contributed by atoms with E-state index in [9.17, 15) is 4.79 Å². The third-order valence-corrected chi connectivity index (χ3v) is 2.97. The van der Waals surface area contributed by atoms with Crippen molar-refractivity contribution in [3.05, 3.63) is 29.3 Å². The van der Waals surface area contributed by atoms with E-state index in [1.54, 1.807) is 13.0 Å². The van der Waals surface area contributed by atoms with Gasteiger partial charge >= 0.3 is 5.97 Å². The Balaban J connectivity index is 2.35. The number of aryl methyl sites for hydroxylation is 2. The molecule has 100 valence electrons. The average Bonchev–Trinajstić information content (AvgIpc) is 2.82. The molecule has 0 aliphatic heterocycles. The second kappa shape index (κ2) is 5.65. The number of benzene rings is 1. The van der Waals surface area contributed by atoms with Crippen LogP contribution in [0.15, 0.2) is 18.2 Å². The summed E-state index contributed by atoms with van der Waals surface area (Å²) in [4.78, 5) is 11.3. The Morgan fingerprint density at radius 3 is 2.89 bits per heavy atom. The molecule has 5 heteroatoms. The zero-order valence-corrected chi connectivity index (χ0v) is 11.4. The first kappa shape index (κ1) is 13.3. The molecule has 0 aliphatic rings. The smallest absolute Gasteiger partial charge is 0.330 e. The van der Waals surface area contributed by atoms with E-state index < -0.39 is 0 Å². The van der Waals surface area contributed by atoms with Gasteiger partial charge in [-0.2, -0.15) is 0 Å². The Morgan fingerprint density at radius 1 is 1.42 bits per heavy atom. The summed E-state index contributed by atoms with van der Waals surface area (Å²) in [5, 5.41) is 8.27. The third-order valence-electron chi connectivity index (χ3n) is 2.97. The van der Waals surface area contributed by atoms with E-state index in [1.165, 1.54) is 6.08 Å². The van der Waals surface area contributed by atoms with E-state index in [0.29, 0.717) is 6.61 Å². The molecule has 0 N–H and O–H groups in total. The van der Waals surface area contributed by atoms with Gasteiger partial charge in [0.05, 0.1) is 12.1 Å². The number of ether oxygens (including phenoxy) is 1. The Hall–Kier alpha value is -2.17. The van der Waals surface area contributed by atoms with Gasteiger partial charge in [0.1, 0.15) is 5.52 Å². The molecule has 0 unspecified atom stereocenters. The van der Waals surface area contributed by atoms with Gasteiger partial charge < -0.3 is 4.74 Å². The highest BCUT2D eigenvalue weighted by Gasteiger charge is 2.08. The summed E-state index contributed by atoms with van der Waals surface area (Å²) >= 11 is 0. The quantitative estimate of drug-likeness (QED) is 0.624. The molecule has 0 aliphatic carbocycles. The molecule has 2 rings (SSSR count). The molecular formula is C14H17N3O2. The third kappa shape index (κ3) is 2.65. The Morgan fingerprint density at radius 2 is 2.21 bits per heavy atom. The lowest BCUT2D eigenvalue weighted by molar-refractivity contribution is -0.137. The van der Waals surface area contributed by atoms with Crippen molar-refractivity contribution >= 4 is 23.1 Å². The molecule has 0 amide bonds. The van der Waals surface area contributed by atoms with Crippen LogP contribution >= 0.6 is 0 Å². The van der Waals surface area contributed by atoms with Crippen LogP contribution in [0.1, 0.15) is 25.0 Å². The fourth-order valence-corrected chi connectivity index (χ4v) is 1.95. The molecule has 0 spiro atoms. The number of nitrogens with zero attached hydrogens (tertiary/aromatic N) is 3. The second-order valence-corrected chi connectivity index (χ2v) is 4.14. The van der Waals surface area contributed by atoms with Gasteiger partial charge in [-0.3, -0.25) is 0 Å². The number of carbonyl (C=O) groups is 1. The topological polar surface area (TPSA) is 57.0 Å². The minimum atomic E-state index is -0.334. The van der Waals surface area contributed by atoms with Crippen LogP contribution in [0.3, 0.4) is 0 Å². The van der Waals surface area contributed by atoms with Crippen LogP contribution in [0.25, 0.3) is 17.1 Å². The van der Waals surface area contributed by atoms with Crippen LogP contribution in [0.2, 0.25) is 0 Å². The van der Waals surface area contributed by atoms with E-state index in [-0.39, 0.29) is 5.97 Å². The van der Waals surface area contributed by atoms with Gasteiger partial charge in [-0.15, -0.1) is 5.10 Å². The maximum Gasteiger partial charge on any atom is 0.330 e. The second-order valence-electron chi connectivity index (χ2n) is 4.14. The lowest BCUT2D eigenvalue weighted by atomic mass is 10.1. The summed E-state index contributed by atoms with van der Waals surface area (Å²) < 4.78 is 6.70. The average molecular weight is 259 g/mol. The molecular weight excluding hydrogens is 242 g/mol. The van der Waals surface area contributed by atoms with Crippen molar-refractivity contribution in [2.24, 2.45) is 0 Å². The highest BCUT2D eigenvalue weighted by molar-refractivity contribution is 5.89. The van der Waals surface area contributed by atoms with Crippen molar-refractivity contribution in [3.8, 4) is 0 Å². The number of rotatable bonds is 4. The molecule has 0 fully saturated rings. The first-order chi connectivity index (χ1) is 9.17. The van der Waals surface area contributed by atoms with Gasteiger partial charge in [0.2, 0.25) is 0 Å². The van der Waals surface area contributed by atoms with Gasteiger partial charge in [0, 0.05) is 12.6 Å². The largest absolute Gasteiger partial charge is 0.463 e. The number of aromatic nitrogens is 3. The van der Waals surface area contributed by atoms with Gasteiger partial charge in [-0.05, 0) is 44.0 Å². The minimum absolute atomic E-state index is 0.334. The molecule has 0 bridgehead atoms. The lowest BCUT2D eigenvalue weighted by Gasteiger charge is -2.02. The molecule has 0 radical (unpaired) electrons. The maximum absolute atomic E-state index is 11.3. The monoisotopic (exact) mass is 259 g/mol. The molecule has 19 heavy (non-hydrogen) atoms. The molecule has 1 heterocycles. The summed E-state index contributed by atoms with van der Waals surface area (Å²) in [5.41, 5.74) is 3.84. The highest BCUT2D eigenvalue weighted by Crippen LogP contribution is 2.20. The van der Waals surface area contributed by atoms with Crippen molar-refractivity contribution < 1.29 is 9.53 Å². The summed E-state index contributed by atoms with van der Waals surface area (Å²) in [7, 11) is 0. The van der Waals surface area contributed by atoms with Crippen LogP contribution in [0, 0.1) is 6.92 Å². The predicted octanol–water partition coefficient (Wildman–Crippen LogP) is 2.34. The molecule has 0 atom stereocenters. The molecule has 1 aromatic heterocycles. The van der Waals surface area contributed by atoms with Crippen molar-refractivity contribution in [1.29, 1.82) is 0 Å². The first-order valence-corrected chi connectivity index (χ1v) is 6.35. The number of carbonyl (C=O) groups excluding carboxylic acids is 1. The highest BCUT2D eigenvalue weighted by atomic mass is 16.5. The van der Waals surface area contributed by atoms with Gasteiger partial charge in [0.15, 0.2) is 0 Å². The number of fused-ring (bicyclic) bond motifs is 1. The Kier molecular flexibility index (Phi) is 3.94. The fraction of sp³-hybridized carbons (Fsp3) is 0.357. The lowest BCUT2D eigenvalue weighted by Crippen LogP contribution is -1.99. The van der Waals surface area contributed by atoms with Crippen LogP contribution in [0.5, 0.6) is 0 Å². The van der Waals surface area contributed by atoms with Crippen molar-refractivity contribution in [1.82, 2.24) is 15.0 Å². The number of hydrogen-bond donors (Lipinski definition) is 0. The van der Waals surface area contributed by atoms with E-state index in [1.807, 2.05) is 30.7 Å². The minimum Gasteiger partial charge on any atom is -0.463 e.